The van der Waals surface area contributed by atoms with Crippen molar-refractivity contribution in [1.29, 1.82) is 0 Å². The lowest BCUT2D eigenvalue weighted by atomic mass is 10.1. The molecule has 3 aromatic carbocycles. The van der Waals surface area contributed by atoms with Crippen LogP contribution in [0.4, 0.5) is 11.4 Å². The lowest BCUT2D eigenvalue weighted by molar-refractivity contribution is 0.483. The maximum atomic E-state index is 12.6. The molecular weight excluding hydrogens is 428 g/mol. The minimum absolute atomic E-state index is 0.136. The van der Waals surface area contributed by atoms with Gasteiger partial charge in [-0.2, -0.15) is 4.80 Å². The number of nitrogens with zero attached hydrogens (tertiary/aromatic N) is 5. The van der Waals surface area contributed by atoms with Gasteiger partial charge in [0.25, 0.3) is 0 Å². The van der Waals surface area contributed by atoms with Crippen LogP contribution in [0.5, 0.6) is 11.5 Å². The van der Waals surface area contributed by atoms with Gasteiger partial charge in [0.1, 0.15) is 11.5 Å². The number of sulfonamides is 1. The van der Waals surface area contributed by atoms with E-state index in [1.54, 1.807) is 25.2 Å². The van der Waals surface area contributed by atoms with Crippen molar-refractivity contribution < 1.29 is 13.2 Å². The third kappa shape index (κ3) is 4.61. The van der Waals surface area contributed by atoms with E-state index in [1.165, 1.54) is 18.9 Å². The van der Waals surface area contributed by atoms with Crippen molar-refractivity contribution in [1.82, 2.24) is 24.5 Å². The van der Waals surface area contributed by atoms with Crippen LogP contribution in [0.25, 0.3) is 11.4 Å². The first-order chi connectivity index (χ1) is 15.3. The third-order valence-electron chi connectivity index (χ3n) is 4.61. The number of benzene rings is 3. The number of nitrogens with one attached hydrogen (secondary N) is 1. The number of anilines is 2. The fourth-order valence-corrected chi connectivity index (χ4v) is 3.93. The van der Waals surface area contributed by atoms with Gasteiger partial charge in [0.05, 0.1) is 11.9 Å². The van der Waals surface area contributed by atoms with Crippen LogP contribution in [0.15, 0.2) is 77.7 Å². The number of ether oxygens (including phenoxy) is 1. The summed E-state index contributed by atoms with van der Waals surface area (Å²) in [6.07, 6.45) is 0. The molecular formula is C22H22N6O3S. The molecule has 0 atom stereocenters. The van der Waals surface area contributed by atoms with Gasteiger partial charge in [-0.1, -0.05) is 24.3 Å². The molecule has 0 aliphatic carbocycles. The van der Waals surface area contributed by atoms with Gasteiger partial charge in [-0.25, -0.2) is 12.7 Å². The molecule has 4 rings (SSSR count). The Balaban J connectivity index is 1.70. The minimum atomic E-state index is -3.63. The van der Waals surface area contributed by atoms with Crippen LogP contribution >= 0.6 is 0 Å². The molecule has 1 aromatic heterocycles. The first-order valence-corrected chi connectivity index (χ1v) is 11.2. The smallest absolute Gasteiger partial charge is 0.242 e. The predicted molar refractivity (Wildman–Crippen MR) is 121 cm³/mol. The van der Waals surface area contributed by atoms with Gasteiger partial charge in [-0.15, -0.1) is 10.2 Å². The maximum absolute atomic E-state index is 12.6. The fraction of sp³-hybridized carbons (Fsp3) is 0.136. The first kappa shape index (κ1) is 21.5. The highest BCUT2D eigenvalue weighted by atomic mass is 32.2. The Kier molecular flexibility index (Phi) is 5.89. The summed E-state index contributed by atoms with van der Waals surface area (Å²) in [5.74, 6) is 1.70. The van der Waals surface area contributed by atoms with E-state index in [1.807, 2.05) is 54.6 Å². The summed E-state index contributed by atoms with van der Waals surface area (Å²) in [4.78, 5) is 1.46. The Hall–Kier alpha value is -3.76. The number of aromatic nitrogens is 4. The molecule has 0 bridgehead atoms. The molecule has 4 aromatic rings. The zero-order valence-electron chi connectivity index (χ0n) is 17.8. The standard InChI is InChI=1S/C22H22N6O3S/c1-27(2)32(29,30)19-12-13-21(20(15-19)22-24-26-28(3)25-22)23-16-8-7-11-18(14-16)31-17-9-5-4-6-10-17/h4-15,23H,1-3H3. The Morgan fingerprint density at radius 3 is 2.38 bits per heavy atom. The van der Waals surface area contributed by atoms with E-state index in [2.05, 4.69) is 20.7 Å². The summed E-state index contributed by atoms with van der Waals surface area (Å²) in [5, 5.41) is 15.5. The predicted octanol–water partition coefficient (Wildman–Crippen LogP) is 3.66. The van der Waals surface area contributed by atoms with E-state index in [9.17, 15) is 8.42 Å². The van der Waals surface area contributed by atoms with E-state index in [0.717, 1.165) is 15.7 Å². The average molecular weight is 451 g/mol. The Morgan fingerprint density at radius 2 is 1.69 bits per heavy atom. The molecule has 0 fully saturated rings. The van der Waals surface area contributed by atoms with Crippen molar-refractivity contribution in [2.45, 2.75) is 4.90 Å². The summed E-state index contributed by atoms with van der Waals surface area (Å²) < 4.78 is 32.3. The fourth-order valence-electron chi connectivity index (χ4n) is 3.00. The Bertz CT molecular complexity index is 1340. The SMILES string of the molecule is CN(C)S(=O)(=O)c1ccc(Nc2cccc(Oc3ccccc3)c2)c(-c2nnn(C)n2)c1. The molecule has 0 spiro atoms. The molecule has 1 N–H and O–H groups in total. The second-order valence-corrected chi connectivity index (χ2v) is 9.32. The lowest BCUT2D eigenvalue weighted by Crippen LogP contribution is -2.22. The number of hydrogen-bond donors (Lipinski definition) is 1. The van der Waals surface area contributed by atoms with Crippen molar-refractivity contribution in [3.8, 4) is 22.9 Å². The van der Waals surface area contributed by atoms with Gasteiger partial charge in [-0.3, -0.25) is 0 Å². The lowest BCUT2D eigenvalue weighted by Gasteiger charge is -2.15. The van der Waals surface area contributed by atoms with Crippen LogP contribution in [-0.4, -0.2) is 47.0 Å². The molecule has 164 valence electrons. The molecule has 0 saturated heterocycles. The Labute approximate surface area is 186 Å². The molecule has 0 radical (unpaired) electrons. The second kappa shape index (κ2) is 8.77. The quantitative estimate of drug-likeness (QED) is 0.458. The van der Waals surface area contributed by atoms with E-state index < -0.39 is 10.0 Å². The van der Waals surface area contributed by atoms with Crippen LogP contribution in [0, 0.1) is 0 Å². The Morgan fingerprint density at radius 1 is 0.938 bits per heavy atom. The monoisotopic (exact) mass is 450 g/mol. The third-order valence-corrected chi connectivity index (χ3v) is 6.42. The van der Waals surface area contributed by atoms with E-state index in [-0.39, 0.29) is 4.90 Å². The largest absolute Gasteiger partial charge is 0.457 e. The topological polar surface area (TPSA) is 102 Å². The second-order valence-electron chi connectivity index (χ2n) is 7.17. The molecule has 0 aliphatic rings. The summed E-state index contributed by atoms with van der Waals surface area (Å²) in [7, 11) is 0.991. The zero-order chi connectivity index (χ0) is 22.7. The summed E-state index contributed by atoms with van der Waals surface area (Å²) in [6, 6.07) is 21.7. The van der Waals surface area contributed by atoms with Crippen molar-refractivity contribution >= 4 is 21.4 Å². The van der Waals surface area contributed by atoms with Crippen LogP contribution in [0.1, 0.15) is 0 Å². The minimum Gasteiger partial charge on any atom is -0.457 e. The average Bonchev–Trinajstić information content (AvgIpc) is 3.21. The molecule has 1 heterocycles. The van der Waals surface area contributed by atoms with Gasteiger partial charge in [-0.05, 0) is 47.7 Å². The van der Waals surface area contributed by atoms with E-state index in [0.29, 0.717) is 22.8 Å². The highest BCUT2D eigenvalue weighted by Crippen LogP contribution is 2.32. The van der Waals surface area contributed by atoms with Gasteiger partial charge < -0.3 is 10.1 Å². The van der Waals surface area contributed by atoms with Crippen molar-refractivity contribution in [2.24, 2.45) is 7.05 Å². The molecule has 32 heavy (non-hydrogen) atoms. The first-order valence-electron chi connectivity index (χ1n) is 9.74. The number of aryl methyl sites for hydroxylation is 1. The molecule has 0 saturated carbocycles. The number of tetrazole rings is 1. The van der Waals surface area contributed by atoms with Crippen LogP contribution in [-0.2, 0) is 17.1 Å². The maximum Gasteiger partial charge on any atom is 0.242 e. The van der Waals surface area contributed by atoms with Crippen LogP contribution < -0.4 is 10.1 Å². The highest BCUT2D eigenvalue weighted by molar-refractivity contribution is 7.89. The van der Waals surface area contributed by atoms with Crippen LogP contribution in [0.3, 0.4) is 0 Å². The van der Waals surface area contributed by atoms with Gasteiger partial charge in [0.2, 0.25) is 15.8 Å². The zero-order valence-corrected chi connectivity index (χ0v) is 18.6. The highest BCUT2D eigenvalue weighted by Gasteiger charge is 2.21. The van der Waals surface area contributed by atoms with Crippen molar-refractivity contribution in [3.05, 3.63) is 72.8 Å². The van der Waals surface area contributed by atoms with Crippen molar-refractivity contribution in [2.75, 3.05) is 19.4 Å². The van der Waals surface area contributed by atoms with E-state index >= 15 is 0 Å². The van der Waals surface area contributed by atoms with Crippen LogP contribution in [0.2, 0.25) is 0 Å². The molecule has 0 amide bonds. The number of hydrogen-bond acceptors (Lipinski definition) is 7. The van der Waals surface area contributed by atoms with Gasteiger partial charge in [0, 0.05) is 37.1 Å². The summed E-state index contributed by atoms with van der Waals surface area (Å²) in [5.41, 5.74) is 1.90. The number of para-hydroxylation sites is 1. The summed E-state index contributed by atoms with van der Waals surface area (Å²) >= 11 is 0. The molecule has 0 aliphatic heterocycles. The molecule has 10 heteroatoms. The van der Waals surface area contributed by atoms with Gasteiger partial charge in [0.15, 0.2) is 0 Å². The van der Waals surface area contributed by atoms with E-state index in [4.69, 9.17) is 4.74 Å². The molecule has 9 nitrogen and oxygen atoms in total. The molecule has 0 unspecified atom stereocenters. The van der Waals surface area contributed by atoms with Crippen molar-refractivity contribution in [3.63, 3.8) is 0 Å². The summed E-state index contributed by atoms with van der Waals surface area (Å²) in [6.45, 7) is 0. The number of rotatable bonds is 7. The normalized spacial score (nSPS) is 11.5. The van der Waals surface area contributed by atoms with Gasteiger partial charge >= 0.3 is 0 Å².